The fraction of sp³-hybridized carbons (Fsp3) is 0.368. The van der Waals surface area contributed by atoms with Gasteiger partial charge in [0.1, 0.15) is 6.61 Å². The molecule has 1 aromatic carbocycles. The summed E-state index contributed by atoms with van der Waals surface area (Å²) in [6.07, 6.45) is 0. The zero-order valence-electron chi connectivity index (χ0n) is 16.9. The zero-order chi connectivity index (χ0) is 21.0. The van der Waals surface area contributed by atoms with E-state index in [4.69, 9.17) is 9.47 Å². The van der Waals surface area contributed by atoms with Crippen LogP contribution in [-0.2, 0) is 18.4 Å². The van der Waals surface area contributed by atoms with E-state index in [1.54, 1.807) is 7.11 Å². The summed E-state index contributed by atoms with van der Waals surface area (Å²) in [6, 6.07) is 5.74. The van der Waals surface area contributed by atoms with E-state index in [9.17, 15) is 4.79 Å². The number of nitrogens with one attached hydrogen (secondary N) is 1. The quantitative estimate of drug-likeness (QED) is 0.543. The molecule has 0 spiro atoms. The second-order valence-corrected chi connectivity index (χ2v) is 8.61. The van der Waals surface area contributed by atoms with Crippen molar-refractivity contribution in [3.63, 3.8) is 0 Å². The van der Waals surface area contributed by atoms with Crippen LogP contribution in [0.2, 0.25) is 0 Å². The number of rotatable bonds is 8. The molecule has 0 aliphatic heterocycles. The third-order valence-corrected chi connectivity index (χ3v) is 6.11. The molecule has 1 atom stereocenters. The Morgan fingerprint density at radius 2 is 2.10 bits per heavy atom. The Bertz CT molecular complexity index is 1000. The van der Waals surface area contributed by atoms with Crippen LogP contribution in [0, 0.1) is 13.8 Å². The van der Waals surface area contributed by atoms with Gasteiger partial charge in [0.2, 0.25) is 5.91 Å². The molecule has 10 heteroatoms. The predicted octanol–water partition coefficient (Wildman–Crippen LogP) is 3.60. The van der Waals surface area contributed by atoms with Crippen molar-refractivity contribution in [3.05, 3.63) is 40.7 Å². The van der Waals surface area contributed by atoms with Crippen molar-refractivity contribution in [3.8, 4) is 11.5 Å². The number of ether oxygens (including phenoxy) is 2. The standard InChI is InChI=1S/C19H23N5O3S2/c1-11-6-7-14(15(8-11)26-5)27-9-16-22-23-19(24(16)4)29-13(3)17(25)21-18-20-12(2)10-28-18/h6-8,10,13H,9H2,1-5H3,(H,20,21,25)/t13-/m1/s1. The third-order valence-electron chi connectivity index (χ3n) is 4.10. The number of aryl methyl sites for hydroxylation is 2. The van der Waals surface area contributed by atoms with Gasteiger partial charge in [0.05, 0.1) is 18.1 Å². The van der Waals surface area contributed by atoms with Crippen LogP contribution in [0.5, 0.6) is 11.5 Å². The van der Waals surface area contributed by atoms with Crippen molar-refractivity contribution in [2.75, 3.05) is 12.4 Å². The largest absolute Gasteiger partial charge is 0.493 e. The Balaban J connectivity index is 1.61. The van der Waals surface area contributed by atoms with Crippen LogP contribution in [0.25, 0.3) is 0 Å². The summed E-state index contributed by atoms with van der Waals surface area (Å²) in [7, 11) is 3.46. The number of benzene rings is 1. The monoisotopic (exact) mass is 433 g/mol. The lowest BCUT2D eigenvalue weighted by molar-refractivity contribution is -0.115. The summed E-state index contributed by atoms with van der Waals surface area (Å²) < 4.78 is 13.0. The molecule has 1 amide bonds. The third kappa shape index (κ3) is 5.27. The van der Waals surface area contributed by atoms with Crippen molar-refractivity contribution < 1.29 is 14.3 Å². The number of aromatic nitrogens is 4. The van der Waals surface area contributed by atoms with Crippen molar-refractivity contribution in [2.24, 2.45) is 7.05 Å². The molecule has 2 heterocycles. The van der Waals surface area contributed by atoms with Gasteiger partial charge in [0.25, 0.3) is 0 Å². The van der Waals surface area contributed by atoms with Crippen LogP contribution in [0.3, 0.4) is 0 Å². The molecule has 8 nitrogen and oxygen atoms in total. The van der Waals surface area contributed by atoms with Crippen LogP contribution in [0.15, 0.2) is 28.7 Å². The van der Waals surface area contributed by atoms with Crippen LogP contribution < -0.4 is 14.8 Å². The summed E-state index contributed by atoms with van der Waals surface area (Å²) in [5.41, 5.74) is 1.97. The molecule has 3 aromatic rings. The molecule has 0 fully saturated rings. The maximum absolute atomic E-state index is 12.4. The maximum atomic E-state index is 12.4. The highest BCUT2D eigenvalue weighted by Crippen LogP contribution is 2.29. The highest BCUT2D eigenvalue weighted by molar-refractivity contribution is 8.00. The first-order valence-corrected chi connectivity index (χ1v) is 10.7. The Hall–Kier alpha value is -2.59. The number of hydrogen-bond donors (Lipinski definition) is 1. The van der Waals surface area contributed by atoms with Crippen molar-refractivity contribution in [1.82, 2.24) is 19.7 Å². The predicted molar refractivity (Wildman–Crippen MR) is 114 cm³/mol. The van der Waals surface area contributed by atoms with Crippen molar-refractivity contribution >= 4 is 34.1 Å². The van der Waals surface area contributed by atoms with E-state index in [-0.39, 0.29) is 17.8 Å². The Morgan fingerprint density at radius 3 is 2.79 bits per heavy atom. The smallest absolute Gasteiger partial charge is 0.239 e. The van der Waals surface area contributed by atoms with Gasteiger partial charge in [0, 0.05) is 12.4 Å². The molecule has 1 N–H and O–H groups in total. The summed E-state index contributed by atoms with van der Waals surface area (Å²) in [6.45, 7) is 5.94. The Kier molecular flexibility index (Phi) is 6.75. The first-order valence-electron chi connectivity index (χ1n) is 8.92. The van der Waals surface area contributed by atoms with Crippen molar-refractivity contribution in [1.29, 1.82) is 0 Å². The number of nitrogens with zero attached hydrogens (tertiary/aromatic N) is 4. The normalized spacial score (nSPS) is 11.9. The zero-order valence-corrected chi connectivity index (χ0v) is 18.6. The number of thioether (sulfide) groups is 1. The molecule has 0 bridgehead atoms. The molecular formula is C19H23N5O3S2. The van der Waals surface area contributed by atoms with E-state index in [1.165, 1.54) is 23.1 Å². The van der Waals surface area contributed by atoms with E-state index in [2.05, 4.69) is 20.5 Å². The van der Waals surface area contributed by atoms with E-state index in [1.807, 2.05) is 56.0 Å². The minimum atomic E-state index is -0.354. The van der Waals surface area contributed by atoms with E-state index in [0.717, 1.165) is 11.3 Å². The van der Waals surface area contributed by atoms with Crippen LogP contribution in [0.4, 0.5) is 5.13 Å². The molecule has 0 saturated heterocycles. The van der Waals surface area contributed by atoms with E-state index in [0.29, 0.717) is 27.6 Å². The Labute approximate surface area is 177 Å². The highest BCUT2D eigenvalue weighted by atomic mass is 32.2. The number of anilines is 1. The topological polar surface area (TPSA) is 91.2 Å². The van der Waals surface area contributed by atoms with Gasteiger partial charge in [-0.05, 0) is 38.5 Å². The van der Waals surface area contributed by atoms with Gasteiger partial charge in [-0.25, -0.2) is 4.98 Å². The van der Waals surface area contributed by atoms with Crippen LogP contribution >= 0.6 is 23.1 Å². The van der Waals surface area contributed by atoms with Crippen LogP contribution in [-0.4, -0.2) is 38.0 Å². The summed E-state index contributed by atoms with van der Waals surface area (Å²) in [5, 5.41) is 14.0. The average molecular weight is 434 g/mol. The molecular weight excluding hydrogens is 410 g/mol. The first kappa shape index (κ1) is 21.1. The summed E-state index contributed by atoms with van der Waals surface area (Å²) >= 11 is 2.74. The summed E-state index contributed by atoms with van der Waals surface area (Å²) in [5.74, 6) is 1.83. The van der Waals surface area contributed by atoms with E-state index < -0.39 is 0 Å². The van der Waals surface area contributed by atoms with E-state index >= 15 is 0 Å². The second kappa shape index (κ2) is 9.27. The maximum Gasteiger partial charge on any atom is 0.239 e. The molecule has 29 heavy (non-hydrogen) atoms. The minimum absolute atomic E-state index is 0.130. The molecule has 2 aromatic heterocycles. The number of carbonyl (C=O) groups excluding carboxylic acids is 1. The molecule has 0 aliphatic rings. The Morgan fingerprint density at radius 1 is 1.31 bits per heavy atom. The minimum Gasteiger partial charge on any atom is -0.493 e. The second-order valence-electron chi connectivity index (χ2n) is 6.44. The average Bonchev–Trinajstić information content (AvgIpc) is 3.26. The molecule has 154 valence electrons. The molecule has 0 radical (unpaired) electrons. The van der Waals surface area contributed by atoms with Gasteiger partial charge in [-0.15, -0.1) is 21.5 Å². The first-order chi connectivity index (χ1) is 13.9. The molecule has 3 rings (SSSR count). The molecule has 0 aliphatic carbocycles. The highest BCUT2D eigenvalue weighted by Gasteiger charge is 2.20. The summed E-state index contributed by atoms with van der Waals surface area (Å²) in [4.78, 5) is 16.6. The lowest BCUT2D eigenvalue weighted by Crippen LogP contribution is -2.22. The number of thiazole rings is 1. The molecule has 0 unspecified atom stereocenters. The van der Waals surface area contributed by atoms with Gasteiger partial charge >= 0.3 is 0 Å². The number of carbonyl (C=O) groups is 1. The van der Waals surface area contributed by atoms with Crippen LogP contribution in [0.1, 0.15) is 24.0 Å². The fourth-order valence-corrected chi connectivity index (χ4v) is 3.96. The lowest BCUT2D eigenvalue weighted by Gasteiger charge is -2.12. The van der Waals surface area contributed by atoms with Crippen molar-refractivity contribution in [2.45, 2.75) is 37.8 Å². The number of amides is 1. The van der Waals surface area contributed by atoms with Gasteiger partial charge in [-0.2, -0.15) is 0 Å². The SMILES string of the molecule is COc1cc(C)ccc1OCc1nnc(S[C@H](C)C(=O)Nc2nc(C)cs2)n1C. The van der Waals surface area contributed by atoms with Gasteiger partial charge in [-0.1, -0.05) is 17.8 Å². The van der Waals surface area contributed by atoms with Gasteiger partial charge < -0.3 is 19.4 Å². The number of hydrogen-bond acceptors (Lipinski definition) is 8. The molecule has 0 saturated carbocycles. The van der Waals surface area contributed by atoms with Gasteiger partial charge in [-0.3, -0.25) is 4.79 Å². The lowest BCUT2D eigenvalue weighted by atomic mass is 10.2. The fourth-order valence-electron chi connectivity index (χ4n) is 2.44. The van der Waals surface area contributed by atoms with Gasteiger partial charge in [0.15, 0.2) is 27.6 Å². The number of methoxy groups -OCH3 is 1.